The molecule has 0 aliphatic heterocycles. The van der Waals surface area contributed by atoms with Crippen molar-refractivity contribution in [2.24, 2.45) is 35.5 Å². The summed E-state index contributed by atoms with van der Waals surface area (Å²) in [4.78, 5) is 35.0. The zero-order valence-corrected chi connectivity index (χ0v) is 96.1. The van der Waals surface area contributed by atoms with Gasteiger partial charge in [0.2, 0.25) is 0 Å². The van der Waals surface area contributed by atoms with Gasteiger partial charge in [0.1, 0.15) is 0 Å². The molecule has 8 heterocycles. The van der Waals surface area contributed by atoms with Crippen molar-refractivity contribution in [3.8, 4) is 90.1 Å². The average Bonchev–Trinajstić information content (AvgIpc) is 0.751. The first kappa shape index (κ1) is 88.2. The molecule has 5 fully saturated rings. The third-order valence-corrected chi connectivity index (χ3v) is 33.2. The molecule has 8 aromatic carbocycles. The van der Waals surface area contributed by atoms with Gasteiger partial charge in [0.05, 0.1) is 32.3 Å². The van der Waals surface area contributed by atoms with Crippen molar-refractivity contribution in [1.82, 2.24) is 39.9 Å². The van der Waals surface area contributed by atoms with Crippen LogP contribution in [0, 0.1) is 84.0 Å². The normalized spacial score (nSPS) is 17.2. The number of pyridine rings is 8. The van der Waals surface area contributed by atoms with E-state index in [-0.39, 0.29) is 195 Å². The van der Waals surface area contributed by atoms with Gasteiger partial charge in [0.25, 0.3) is 0 Å². The van der Waals surface area contributed by atoms with Gasteiger partial charge in [-0.25, -0.2) is 0 Å². The summed E-state index contributed by atoms with van der Waals surface area (Å²) in [6.07, 6.45) is 34.6. The summed E-state index contributed by atoms with van der Waals surface area (Å²) in [7, 11) is -6.16. The van der Waals surface area contributed by atoms with Gasteiger partial charge in [0, 0.05) is 144 Å². The second-order valence-corrected chi connectivity index (χ2v) is 59.3. The monoisotopic (exact) mass is 2640 g/mol. The van der Waals surface area contributed by atoms with E-state index in [1.54, 1.807) is 36.9 Å². The molecule has 0 saturated heterocycles. The Morgan fingerprint density at radius 2 is 0.607 bits per heavy atom. The number of rotatable bonds is 20. The van der Waals surface area contributed by atoms with E-state index in [0.717, 1.165) is 102 Å². The Balaban J connectivity index is 0.000000204. The van der Waals surface area contributed by atoms with E-state index in [0.29, 0.717) is 62.2 Å². The summed E-state index contributed by atoms with van der Waals surface area (Å²) in [5.74, 6) is 5.13. The topological polar surface area (TPSA) is 103 Å². The van der Waals surface area contributed by atoms with Crippen LogP contribution in [0.25, 0.3) is 90.1 Å². The van der Waals surface area contributed by atoms with E-state index in [9.17, 15) is 0 Å². The van der Waals surface area contributed by atoms with Crippen LogP contribution < -0.4 is 20.7 Å². The molecule has 0 amide bonds. The molecular weight excluding hydrogens is 2480 g/mol. The Morgan fingerprint density at radius 1 is 0.300 bits per heavy atom. The van der Waals surface area contributed by atoms with Crippen molar-refractivity contribution in [2.45, 2.75) is 195 Å². The molecule has 5 saturated carbocycles. The average molecular weight is 2640 g/mol. The van der Waals surface area contributed by atoms with Gasteiger partial charge in [-0.1, -0.05) is 226 Å². The number of aromatic nitrogens is 8. The molecule has 0 N–H and O–H groups in total. The third kappa shape index (κ3) is 34.9. The van der Waals surface area contributed by atoms with Gasteiger partial charge in [0.15, 0.2) is 0 Å². The number of nitrogens with zero attached hydrogens (tertiary/aromatic N) is 8. The van der Waals surface area contributed by atoms with Gasteiger partial charge in [-0.15, -0.1) is 287 Å². The first-order valence-corrected chi connectivity index (χ1v) is 61.7. The number of benzene rings is 8. The molecular formula is C124H136Ir4N8Si4-8. The summed E-state index contributed by atoms with van der Waals surface area (Å²) < 4.78 is 149. The summed E-state index contributed by atoms with van der Waals surface area (Å²) in [5, 5.41) is 5.36. The molecule has 21 rings (SSSR count). The summed E-state index contributed by atoms with van der Waals surface area (Å²) in [6, 6.07) is 76.5. The third-order valence-electron chi connectivity index (χ3n) is 24.9. The molecule has 5 aliphatic rings. The molecule has 0 unspecified atom stereocenters. The van der Waals surface area contributed by atoms with Crippen LogP contribution in [0.3, 0.4) is 0 Å². The largest absolute Gasteiger partial charge is 0.305 e. The fraction of sp³-hybridized carbons (Fsp3) is 0.290. The molecule has 140 heavy (non-hydrogen) atoms. The van der Waals surface area contributed by atoms with Gasteiger partial charge in [-0.3, -0.25) is 0 Å². The maximum Gasteiger partial charge on any atom is 0.0798 e. The Morgan fingerprint density at radius 3 is 0.921 bits per heavy atom. The summed E-state index contributed by atoms with van der Waals surface area (Å²) in [6.45, 7) is 32.0. The first-order valence-electron chi connectivity index (χ1n) is 57.2. The minimum atomic E-state index is -1.60. The molecule has 0 atom stereocenters. The summed E-state index contributed by atoms with van der Waals surface area (Å²) in [5.41, 5.74) is 16.2. The van der Waals surface area contributed by atoms with E-state index < -0.39 is 32.3 Å². The predicted molar refractivity (Wildman–Crippen MR) is 583 cm³/mol. The molecule has 732 valence electrons. The van der Waals surface area contributed by atoms with Crippen LogP contribution in [0.1, 0.15) is 139 Å². The predicted octanol–water partition coefficient (Wildman–Crippen LogP) is 29.2. The second-order valence-electron chi connectivity index (χ2n) is 39.1. The van der Waals surface area contributed by atoms with Crippen LogP contribution in [0.4, 0.5) is 0 Å². The second kappa shape index (κ2) is 57.6. The minimum absolute atomic E-state index is 0. The zero-order valence-electron chi connectivity index (χ0n) is 102. The van der Waals surface area contributed by atoms with Gasteiger partial charge >= 0.3 is 0 Å². The van der Waals surface area contributed by atoms with Crippen molar-refractivity contribution < 1.29 is 106 Å². The molecule has 8 nitrogen and oxygen atoms in total. The van der Waals surface area contributed by atoms with Crippen LogP contribution in [0.2, 0.25) is 78.6 Å². The van der Waals surface area contributed by atoms with Gasteiger partial charge < -0.3 is 39.9 Å². The maximum atomic E-state index is 8.35. The fourth-order valence-electron chi connectivity index (χ4n) is 18.4. The van der Waals surface area contributed by atoms with Crippen molar-refractivity contribution >= 4 is 53.0 Å². The Hall–Kier alpha value is -9.58. The fourth-order valence-corrected chi connectivity index (χ4v) is 24.9. The minimum Gasteiger partial charge on any atom is -0.305 e. The quantitative estimate of drug-likeness (QED) is 0.0549. The maximum absolute atomic E-state index is 8.35. The van der Waals surface area contributed by atoms with E-state index in [1.807, 2.05) is 170 Å². The number of hydrogen-bond donors (Lipinski definition) is 0. The zero-order chi connectivity index (χ0) is 112. The molecule has 0 spiro atoms. The molecule has 4 bridgehead atoms. The first-order chi connectivity index (χ1) is 73.7. The standard InChI is InChI=1S/C25H32NSi.C21H28NSi.C18H24NSi.C16H20NSi.4C11H8N.4Ir/c1-27(2,3)25-16-26-24(19-7-5-4-6-8-19)15-22(25)14-23-20-10-17-9-18(12-20)13-21(23)11-17;1-23(2,3)21-16-22-20(18-12-8-5-9-13-18)15-19(21)14-17-10-6-4-7-11-17;1-5-6-10-16-13-17(15-11-8-7-9-12-15)19-14-18(16)20(2,3)4;1-5-13-11-15(14-9-7-6-8-10-14)17-12-16(13)18(2,3)4;4*1-2-6-10(7-3-1)11-8-4-5-9-12-11;;;;/h4-7,15-18,20-21,23H,9-14H2,1-3H3;5,8-9,12,15-17H,4,6-7,10-11,14H2,1-3H3;7-9,11,13-14H,5-6,10H2,1-4H3;6-9,11-12H,5H2,1-4H3;4*1-6,8-9H;;;;/q8*-1;;;;/i4D,5D,6D,7D;5D,8D,9D,12D;7D,8D,9D,11D;6D,7D,8D,9D;1D,2D,3D;;;;;;;. The van der Waals surface area contributed by atoms with Crippen LogP contribution >= 0.6 is 0 Å². The van der Waals surface area contributed by atoms with Crippen molar-refractivity contribution in [3.63, 3.8) is 0 Å². The van der Waals surface area contributed by atoms with Crippen LogP contribution in [0.15, 0.2) is 340 Å². The number of unbranched alkanes of at least 4 members (excludes halogenated alkanes) is 1. The van der Waals surface area contributed by atoms with Gasteiger partial charge in [-0.05, 0) is 203 Å². The number of hydrogen-bond acceptors (Lipinski definition) is 8. The SMILES string of the molecule is [2H]c1[c-]c(-c2cc(CC)c([Si](C)(C)C)cn2)c([2H])c([2H])c1[2H].[2H]c1[c-]c(-c2cc(CC3C4CC5CC(C4)CC3C5)c([Si](C)(C)C)cn2)c([2H])c([2H])c1[2H].[2H]c1[c-]c(-c2cc(CC3CCCCC3)c([Si](C)(C)C)cn2)c([2H])c([2H])c1[2H].[2H]c1[c-]c(-c2cc(CCCC)c([Si](C)(C)C)cn2)c([2H])c([2H])c1[2H].[2H]c1[c-]c(-c2ccccn2)cc([2H])c1[2H].[Ir].[Ir].[Ir].[Ir].[c-]1ccccc1-c1ccccn1.[c-]1ccccc1-c1ccccn1.[c-]1ccccc1-c1ccccn1. The molecule has 16 heteroatoms. The van der Waals surface area contributed by atoms with Crippen molar-refractivity contribution in [3.05, 3.63) is 411 Å². The van der Waals surface area contributed by atoms with Crippen LogP contribution in [-0.2, 0) is 106 Å². The Kier molecular flexibility index (Phi) is 36.3. The van der Waals surface area contributed by atoms with E-state index in [1.165, 1.54) is 113 Å². The molecule has 5 aliphatic carbocycles. The van der Waals surface area contributed by atoms with E-state index >= 15 is 0 Å². The van der Waals surface area contributed by atoms with Crippen molar-refractivity contribution in [1.29, 1.82) is 0 Å². The van der Waals surface area contributed by atoms with E-state index in [4.69, 9.17) is 26.0 Å². The smallest absolute Gasteiger partial charge is 0.0798 e. The molecule has 16 aromatic rings. The Bertz CT molecular complexity index is 7120. The molecule has 8 aromatic heterocycles. The van der Waals surface area contributed by atoms with E-state index in [2.05, 4.69) is 193 Å². The van der Waals surface area contributed by atoms with Gasteiger partial charge in [-0.2, -0.15) is 0 Å². The van der Waals surface area contributed by atoms with Crippen molar-refractivity contribution in [2.75, 3.05) is 0 Å². The Labute approximate surface area is 923 Å². The van der Waals surface area contributed by atoms with Crippen LogP contribution in [0.5, 0.6) is 0 Å². The summed E-state index contributed by atoms with van der Waals surface area (Å²) >= 11 is 0. The molecule has 4 radical (unpaired) electrons. The number of aryl methyl sites for hydroxylation is 2. The van der Waals surface area contributed by atoms with Crippen LogP contribution in [-0.4, -0.2) is 72.2 Å².